The maximum absolute atomic E-state index is 12.9. The summed E-state index contributed by atoms with van der Waals surface area (Å²) in [6.07, 6.45) is 6.41. The predicted octanol–water partition coefficient (Wildman–Crippen LogP) is 3.17. The fourth-order valence-electron chi connectivity index (χ4n) is 3.30. The first-order valence-electron chi connectivity index (χ1n) is 9.13. The molecule has 9 heteroatoms. The van der Waals surface area contributed by atoms with Crippen molar-refractivity contribution in [3.63, 3.8) is 0 Å². The van der Waals surface area contributed by atoms with E-state index >= 15 is 0 Å². The number of carbonyl (C=O) groups is 2. The summed E-state index contributed by atoms with van der Waals surface area (Å²) < 4.78 is 5.05. The summed E-state index contributed by atoms with van der Waals surface area (Å²) in [5.74, 6) is 0.116. The number of methoxy groups -OCH3 is 1. The van der Waals surface area contributed by atoms with E-state index in [0.717, 1.165) is 18.5 Å². The zero-order valence-electron chi connectivity index (χ0n) is 15.7. The van der Waals surface area contributed by atoms with E-state index < -0.39 is 0 Å². The third kappa shape index (κ3) is 4.09. The minimum atomic E-state index is -0.261. The van der Waals surface area contributed by atoms with E-state index in [9.17, 15) is 9.59 Å². The standard InChI is InChI=1S/C20H19N5O3S/c1-28-17-7-5-14(12-23-17)19(27)25-9-2-3-16(25)15-6-4-13(11-22-15)18(26)24-20-21-8-10-29-20/h4-8,10-12,16H,2-3,9H2,1H3,(H,21,24,26). The third-order valence-corrected chi connectivity index (χ3v) is 5.44. The van der Waals surface area contributed by atoms with Crippen molar-refractivity contribution in [1.82, 2.24) is 19.9 Å². The van der Waals surface area contributed by atoms with E-state index in [1.807, 2.05) is 0 Å². The van der Waals surface area contributed by atoms with Crippen LogP contribution in [0.1, 0.15) is 45.3 Å². The van der Waals surface area contributed by atoms with Gasteiger partial charge in [0.1, 0.15) is 0 Å². The maximum Gasteiger partial charge on any atom is 0.259 e. The van der Waals surface area contributed by atoms with Gasteiger partial charge in [0.2, 0.25) is 5.88 Å². The Kier molecular flexibility index (Phi) is 5.48. The van der Waals surface area contributed by atoms with Crippen LogP contribution < -0.4 is 10.1 Å². The Hall–Kier alpha value is -3.33. The van der Waals surface area contributed by atoms with Gasteiger partial charge in [-0.25, -0.2) is 9.97 Å². The van der Waals surface area contributed by atoms with E-state index in [1.165, 1.54) is 30.8 Å². The number of ether oxygens (including phenoxy) is 1. The van der Waals surface area contributed by atoms with Crippen LogP contribution in [0.4, 0.5) is 5.13 Å². The number of pyridine rings is 2. The summed E-state index contributed by atoms with van der Waals surface area (Å²) >= 11 is 1.35. The second kappa shape index (κ2) is 8.36. The molecular weight excluding hydrogens is 390 g/mol. The lowest BCUT2D eigenvalue weighted by Crippen LogP contribution is -2.31. The normalized spacial score (nSPS) is 15.9. The molecule has 4 heterocycles. The number of aromatic nitrogens is 3. The average Bonchev–Trinajstić information content (AvgIpc) is 3.45. The largest absolute Gasteiger partial charge is 0.481 e. The summed E-state index contributed by atoms with van der Waals surface area (Å²) in [7, 11) is 1.53. The molecule has 1 saturated heterocycles. The van der Waals surface area contributed by atoms with Gasteiger partial charge in [-0.2, -0.15) is 0 Å². The Bertz CT molecular complexity index is 990. The molecule has 1 unspecified atom stereocenters. The number of amides is 2. The van der Waals surface area contributed by atoms with Gasteiger partial charge >= 0.3 is 0 Å². The molecule has 0 aliphatic carbocycles. The van der Waals surface area contributed by atoms with Crippen LogP contribution in [0.3, 0.4) is 0 Å². The predicted molar refractivity (Wildman–Crippen MR) is 108 cm³/mol. The number of nitrogens with one attached hydrogen (secondary N) is 1. The Morgan fingerprint density at radius 3 is 2.62 bits per heavy atom. The molecule has 1 aliphatic heterocycles. The van der Waals surface area contributed by atoms with Crippen molar-refractivity contribution in [2.24, 2.45) is 0 Å². The number of carbonyl (C=O) groups excluding carboxylic acids is 2. The highest BCUT2D eigenvalue weighted by Crippen LogP contribution is 2.32. The van der Waals surface area contributed by atoms with E-state index in [-0.39, 0.29) is 17.9 Å². The zero-order valence-corrected chi connectivity index (χ0v) is 16.6. The summed E-state index contributed by atoms with van der Waals surface area (Å²) in [4.78, 5) is 39.6. The lowest BCUT2D eigenvalue weighted by Gasteiger charge is -2.24. The lowest BCUT2D eigenvalue weighted by molar-refractivity contribution is 0.0732. The van der Waals surface area contributed by atoms with Gasteiger partial charge in [-0.1, -0.05) is 0 Å². The van der Waals surface area contributed by atoms with E-state index in [2.05, 4.69) is 20.3 Å². The number of thiazole rings is 1. The highest BCUT2D eigenvalue weighted by molar-refractivity contribution is 7.13. The zero-order chi connectivity index (χ0) is 20.2. The number of nitrogens with zero attached hydrogens (tertiary/aromatic N) is 4. The summed E-state index contributed by atoms with van der Waals surface area (Å²) in [5.41, 5.74) is 1.72. The number of hydrogen-bond donors (Lipinski definition) is 1. The summed E-state index contributed by atoms with van der Waals surface area (Å²) in [6.45, 7) is 0.656. The van der Waals surface area contributed by atoms with Gasteiger partial charge in [-0.15, -0.1) is 11.3 Å². The molecule has 1 N–H and O–H groups in total. The SMILES string of the molecule is COc1ccc(C(=O)N2CCCC2c2ccc(C(=O)Nc3nccs3)cn2)cn1. The minimum absolute atomic E-state index is 0.0879. The van der Waals surface area contributed by atoms with Crippen molar-refractivity contribution >= 4 is 28.3 Å². The first-order chi connectivity index (χ1) is 14.2. The molecule has 0 bridgehead atoms. The smallest absolute Gasteiger partial charge is 0.259 e. The molecule has 2 amide bonds. The van der Waals surface area contributed by atoms with Gasteiger partial charge in [0.25, 0.3) is 11.8 Å². The van der Waals surface area contributed by atoms with Crippen molar-refractivity contribution in [3.8, 4) is 5.88 Å². The van der Waals surface area contributed by atoms with Crippen molar-refractivity contribution in [1.29, 1.82) is 0 Å². The van der Waals surface area contributed by atoms with Gasteiger partial charge in [0.05, 0.1) is 30.0 Å². The summed E-state index contributed by atoms with van der Waals surface area (Å²) in [6, 6.07) is 6.79. The Labute approximate surface area is 171 Å². The molecule has 1 fully saturated rings. The highest BCUT2D eigenvalue weighted by atomic mass is 32.1. The molecule has 29 heavy (non-hydrogen) atoms. The monoisotopic (exact) mass is 409 g/mol. The summed E-state index contributed by atoms with van der Waals surface area (Å²) in [5, 5.41) is 5.07. The number of hydrogen-bond acceptors (Lipinski definition) is 7. The van der Waals surface area contributed by atoms with E-state index in [0.29, 0.717) is 28.7 Å². The van der Waals surface area contributed by atoms with E-state index in [1.54, 1.807) is 40.7 Å². The van der Waals surface area contributed by atoms with Crippen LogP contribution in [0.5, 0.6) is 5.88 Å². The fraction of sp³-hybridized carbons (Fsp3) is 0.250. The van der Waals surface area contributed by atoms with Crippen LogP contribution in [0, 0.1) is 0 Å². The van der Waals surface area contributed by atoms with Gasteiger partial charge in [-0.3, -0.25) is 19.9 Å². The number of likely N-dealkylation sites (tertiary alicyclic amines) is 1. The van der Waals surface area contributed by atoms with Crippen LogP contribution in [0.25, 0.3) is 0 Å². The first kappa shape index (κ1) is 19.0. The number of anilines is 1. The molecule has 0 radical (unpaired) electrons. The molecule has 1 aliphatic rings. The van der Waals surface area contributed by atoms with Gasteiger partial charge < -0.3 is 9.64 Å². The molecule has 1 atom stereocenters. The van der Waals surface area contributed by atoms with Crippen molar-refractivity contribution < 1.29 is 14.3 Å². The minimum Gasteiger partial charge on any atom is -0.481 e. The van der Waals surface area contributed by atoms with Gasteiger partial charge in [-0.05, 0) is 31.0 Å². The topological polar surface area (TPSA) is 97.3 Å². The molecule has 3 aromatic rings. The number of rotatable bonds is 5. The van der Waals surface area contributed by atoms with Crippen LogP contribution in [0.15, 0.2) is 48.2 Å². The van der Waals surface area contributed by atoms with E-state index in [4.69, 9.17) is 4.74 Å². The third-order valence-electron chi connectivity index (χ3n) is 4.75. The van der Waals surface area contributed by atoms with Crippen molar-refractivity contribution in [2.75, 3.05) is 19.0 Å². The molecule has 0 aromatic carbocycles. The first-order valence-corrected chi connectivity index (χ1v) is 10.0. The molecule has 4 rings (SSSR count). The van der Waals surface area contributed by atoms with Crippen molar-refractivity contribution in [2.45, 2.75) is 18.9 Å². The molecule has 148 valence electrons. The lowest BCUT2D eigenvalue weighted by atomic mass is 10.1. The quantitative estimate of drug-likeness (QED) is 0.695. The van der Waals surface area contributed by atoms with Gasteiger partial charge in [0.15, 0.2) is 5.13 Å². The average molecular weight is 409 g/mol. The highest BCUT2D eigenvalue weighted by Gasteiger charge is 2.31. The molecule has 8 nitrogen and oxygen atoms in total. The van der Waals surface area contributed by atoms with Crippen LogP contribution in [-0.4, -0.2) is 45.3 Å². The van der Waals surface area contributed by atoms with Crippen LogP contribution in [-0.2, 0) is 0 Å². The maximum atomic E-state index is 12.9. The van der Waals surface area contributed by atoms with Gasteiger partial charge in [0, 0.05) is 36.6 Å². The molecule has 3 aromatic heterocycles. The van der Waals surface area contributed by atoms with Crippen LogP contribution >= 0.6 is 11.3 Å². The fourth-order valence-corrected chi connectivity index (χ4v) is 3.83. The molecular formula is C20H19N5O3S. The molecule has 0 saturated carbocycles. The Balaban J connectivity index is 1.48. The second-order valence-electron chi connectivity index (χ2n) is 6.51. The Morgan fingerprint density at radius 1 is 1.14 bits per heavy atom. The van der Waals surface area contributed by atoms with Crippen molar-refractivity contribution in [3.05, 3.63) is 65.1 Å². The second-order valence-corrected chi connectivity index (χ2v) is 7.40. The van der Waals surface area contributed by atoms with Crippen LogP contribution in [0.2, 0.25) is 0 Å². The Morgan fingerprint density at radius 2 is 1.97 bits per heavy atom. The molecule has 0 spiro atoms.